The second-order valence-corrected chi connectivity index (χ2v) is 3.97. The van der Waals surface area contributed by atoms with Crippen LogP contribution in [0.25, 0.3) is 0 Å². The smallest absolute Gasteiger partial charge is 0.115 e. The van der Waals surface area contributed by atoms with E-state index in [0.717, 1.165) is 6.54 Å². The molecule has 1 aromatic rings. The average molecular weight is 207 g/mol. The van der Waals surface area contributed by atoms with E-state index in [1.54, 1.807) is 6.33 Å². The molecule has 0 aromatic carbocycles. The largest absolute Gasteiger partial charge is 0.310 e. The summed E-state index contributed by atoms with van der Waals surface area (Å²) in [5.74, 6) is 0.626. The maximum atomic E-state index is 4.08. The van der Waals surface area contributed by atoms with E-state index in [-0.39, 0.29) is 0 Å². The van der Waals surface area contributed by atoms with Gasteiger partial charge in [-0.15, -0.1) is 0 Å². The molecule has 0 aliphatic heterocycles. The minimum Gasteiger partial charge on any atom is -0.310 e. The number of aromatic nitrogens is 2. The lowest BCUT2D eigenvalue weighted by Crippen LogP contribution is -2.27. The van der Waals surface area contributed by atoms with Gasteiger partial charge in [-0.25, -0.2) is 9.97 Å². The molecular weight excluding hydrogens is 186 g/mol. The van der Waals surface area contributed by atoms with Crippen LogP contribution >= 0.6 is 0 Å². The summed E-state index contributed by atoms with van der Waals surface area (Å²) in [6.45, 7) is 7.62. The molecule has 1 heterocycles. The second kappa shape index (κ2) is 6.51. The molecule has 0 amide bonds. The predicted molar refractivity (Wildman–Crippen MR) is 62.5 cm³/mol. The van der Waals surface area contributed by atoms with Gasteiger partial charge in [0.2, 0.25) is 0 Å². The van der Waals surface area contributed by atoms with Crippen molar-refractivity contribution in [3.8, 4) is 0 Å². The van der Waals surface area contributed by atoms with Crippen molar-refractivity contribution in [1.29, 1.82) is 0 Å². The molecule has 0 radical (unpaired) electrons. The van der Waals surface area contributed by atoms with Crippen LogP contribution in [0.3, 0.4) is 0 Å². The highest BCUT2D eigenvalue weighted by atomic mass is 14.9. The zero-order chi connectivity index (χ0) is 11.1. The maximum absolute atomic E-state index is 4.08. The Bertz CT molecular complexity index is 261. The van der Waals surface area contributed by atoms with Crippen LogP contribution in [-0.4, -0.2) is 16.5 Å². The summed E-state index contributed by atoms with van der Waals surface area (Å²) in [6.07, 6.45) is 7.85. The number of nitrogens with zero attached hydrogens (tertiary/aromatic N) is 2. The summed E-state index contributed by atoms with van der Waals surface area (Å²) in [5.41, 5.74) is 1.19. The van der Waals surface area contributed by atoms with Crippen LogP contribution in [0.15, 0.2) is 18.7 Å². The van der Waals surface area contributed by atoms with Crippen LogP contribution in [0.4, 0.5) is 0 Å². The summed E-state index contributed by atoms with van der Waals surface area (Å²) < 4.78 is 0. The Hall–Kier alpha value is -0.960. The average Bonchev–Trinajstić information content (AvgIpc) is 2.27. The third-order valence-corrected chi connectivity index (χ3v) is 2.68. The van der Waals surface area contributed by atoms with Crippen molar-refractivity contribution in [2.75, 3.05) is 6.54 Å². The Labute approximate surface area is 92.3 Å². The lowest BCUT2D eigenvalue weighted by Gasteiger charge is -2.24. The third kappa shape index (κ3) is 3.59. The molecule has 2 unspecified atom stereocenters. The predicted octanol–water partition coefficient (Wildman–Crippen LogP) is 2.56. The SMILES string of the molecule is CCCC(C)C(NCC)c1cncnc1. The van der Waals surface area contributed by atoms with Gasteiger partial charge in [-0.1, -0.05) is 27.2 Å². The number of hydrogen-bond acceptors (Lipinski definition) is 3. The first kappa shape index (κ1) is 12.1. The van der Waals surface area contributed by atoms with Gasteiger partial charge in [0, 0.05) is 24.0 Å². The molecule has 1 N–H and O–H groups in total. The van der Waals surface area contributed by atoms with Crippen LogP contribution < -0.4 is 5.32 Å². The molecule has 15 heavy (non-hydrogen) atoms. The van der Waals surface area contributed by atoms with Crippen LogP contribution in [-0.2, 0) is 0 Å². The van der Waals surface area contributed by atoms with Crippen molar-refractivity contribution in [1.82, 2.24) is 15.3 Å². The van der Waals surface area contributed by atoms with Crippen molar-refractivity contribution in [2.24, 2.45) is 5.92 Å². The highest BCUT2D eigenvalue weighted by Gasteiger charge is 2.17. The molecule has 0 aliphatic rings. The molecule has 1 rings (SSSR count). The van der Waals surface area contributed by atoms with Crippen molar-refractivity contribution in [3.63, 3.8) is 0 Å². The van der Waals surface area contributed by atoms with Gasteiger partial charge in [0.15, 0.2) is 0 Å². The molecule has 84 valence electrons. The fraction of sp³-hybridized carbons (Fsp3) is 0.667. The van der Waals surface area contributed by atoms with Gasteiger partial charge in [-0.2, -0.15) is 0 Å². The van der Waals surface area contributed by atoms with Gasteiger partial charge in [0.25, 0.3) is 0 Å². The summed E-state index contributed by atoms with van der Waals surface area (Å²) in [7, 11) is 0. The van der Waals surface area contributed by atoms with Gasteiger partial charge in [-0.05, 0) is 18.9 Å². The first-order valence-corrected chi connectivity index (χ1v) is 5.77. The van der Waals surface area contributed by atoms with Crippen LogP contribution in [0, 0.1) is 5.92 Å². The molecule has 0 bridgehead atoms. The van der Waals surface area contributed by atoms with Crippen molar-refractivity contribution >= 4 is 0 Å². The monoisotopic (exact) mass is 207 g/mol. The van der Waals surface area contributed by atoms with E-state index in [0.29, 0.717) is 12.0 Å². The molecule has 0 spiro atoms. The van der Waals surface area contributed by atoms with Crippen molar-refractivity contribution in [2.45, 2.75) is 39.7 Å². The third-order valence-electron chi connectivity index (χ3n) is 2.68. The molecule has 2 atom stereocenters. The Morgan fingerprint density at radius 1 is 1.27 bits per heavy atom. The molecule has 0 saturated carbocycles. The second-order valence-electron chi connectivity index (χ2n) is 3.97. The van der Waals surface area contributed by atoms with E-state index in [1.807, 2.05) is 12.4 Å². The molecule has 3 nitrogen and oxygen atoms in total. The van der Waals surface area contributed by atoms with E-state index in [9.17, 15) is 0 Å². The fourth-order valence-corrected chi connectivity index (χ4v) is 1.96. The summed E-state index contributed by atoms with van der Waals surface area (Å²) >= 11 is 0. The van der Waals surface area contributed by atoms with Crippen LogP contribution in [0.5, 0.6) is 0 Å². The summed E-state index contributed by atoms with van der Waals surface area (Å²) in [5, 5.41) is 3.50. The zero-order valence-electron chi connectivity index (χ0n) is 9.90. The topological polar surface area (TPSA) is 37.8 Å². The molecule has 3 heteroatoms. The highest BCUT2D eigenvalue weighted by Crippen LogP contribution is 2.24. The maximum Gasteiger partial charge on any atom is 0.115 e. The van der Waals surface area contributed by atoms with Gasteiger partial charge in [-0.3, -0.25) is 0 Å². The first-order valence-electron chi connectivity index (χ1n) is 5.77. The Morgan fingerprint density at radius 3 is 2.47 bits per heavy atom. The van der Waals surface area contributed by atoms with E-state index in [2.05, 4.69) is 36.1 Å². The summed E-state index contributed by atoms with van der Waals surface area (Å²) in [4.78, 5) is 8.16. The first-order chi connectivity index (χ1) is 7.29. The number of rotatable bonds is 6. The fourth-order valence-electron chi connectivity index (χ4n) is 1.96. The molecule has 0 saturated heterocycles. The normalized spacial score (nSPS) is 14.9. The minimum absolute atomic E-state index is 0.385. The van der Waals surface area contributed by atoms with Gasteiger partial charge in [0.1, 0.15) is 6.33 Å². The molecular formula is C12H21N3. The number of hydrogen-bond donors (Lipinski definition) is 1. The minimum atomic E-state index is 0.385. The van der Waals surface area contributed by atoms with E-state index in [4.69, 9.17) is 0 Å². The molecule has 1 aromatic heterocycles. The van der Waals surface area contributed by atoms with Crippen molar-refractivity contribution in [3.05, 3.63) is 24.3 Å². The van der Waals surface area contributed by atoms with Crippen LogP contribution in [0.1, 0.15) is 45.2 Å². The lowest BCUT2D eigenvalue weighted by atomic mass is 9.92. The van der Waals surface area contributed by atoms with Gasteiger partial charge < -0.3 is 5.32 Å². The molecule has 0 fully saturated rings. The van der Waals surface area contributed by atoms with E-state index >= 15 is 0 Å². The van der Waals surface area contributed by atoms with Gasteiger partial charge >= 0.3 is 0 Å². The Balaban J connectivity index is 2.73. The quantitative estimate of drug-likeness (QED) is 0.779. The summed E-state index contributed by atoms with van der Waals surface area (Å²) in [6, 6.07) is 0.385. The standard InChI is InChI=1S/C12H21N3/c1-4-6-10(3)12(15-5-2)11-7-13-9-14-8-11/h7-10,12,15H,4-6H2,1-3H3. The van der Waals surface area contributed by atoms with Gasteiger partial charge in [0.05, 0.1) is 0 Å². The zero-order valence-corrected chi connectivity index (χ0v) is 9.90. The molecule has 0 aliphatic carbocycles. The van der Waals surface area contributed by atoms with Crippen LogP contribution in [0.2, 0.25) is 0 Å². The Kier molecular flexibility index (Phi) is 5.26. The number of nitrogens with one attached hydrogen (secondary N) is 1. The van der Waals surface area contributed by atoms with E-state index < -0.39 is 0 Å². The lowest BCUT2D eigenvalue weighted by molar-refractivity contribution is 0.367. The Morgan fingerprint density at radius 2 is 1.93 bits per heavy atom. The van der Waals surface area contributed by atoms with Crippen molar-refractivity contribution < 1.29 is 0 Å². The highest BCUT2D eigenvalue weighted by molar-refractivity contribution is 5.10. The van der Waals surface area contributed by atoms with E-state index in [1.165, 1.54) is 18.4 Å².